The maximum Gasteiger partial charge on any atom is 0.245 e. The second-order valence-electron chi connectivity index (χ2n) is 2.40. The van der Waals surface area contributed by atoms with Crippen molar-refractivity contribution < 1.29 is 4.79 Å². The van der Waals surface area contributed by atoms with Crippen molar-refractivity contribution in [1.82, 2.24) is 4.57 Å². The fourth-order valence-corrected chi connectivity index (χ4v) is 1.14. The molecule has 0 radical (unpaired) electrons. The maximum atomic E-state index is 10.7. The Labute approximate surface area is 63.0 Å². The Morgan fingerprint density at radius 1 is 1.73 bits per heavy atom. The number of fused-ring (bicyclic) bond motifs is 1. The molecule has 0 unspecified atom stereocenters. The minimum atomic E-state index is -0.0236. The van der Waals surface area contributed by atoms with Gasteiger partial charge < -0.3 is 9.88 Å². The van der Waals surface area contributed by atoms with Gasteiger partial charge in [-0.15, -0.1) is 0 Å². The molecule has 1 aliphatic heterocycles. The van der Waals surface area contributed by atoms with Gasteiger partial charge in [-0.3, -0.25) is 4.79 Å². The van der Waals surface area contributed by atoms with E-state index >= 15 is 0 Å². The molecule has 4 nitrogen and oxygen atoms in total. The van der Waals surface area contributed by atoms with Crippen LogP contribution in [0, 0.1) is 11.3 Å². The molecule has 0 saturated heterocycles. The zero-order chi connectivity index (χ0) is 7.84. The topological polar surface area (TPSA) is 57.8 Å². The Morgan fingerprint density at radius 2 is 2.55 bits per heavy atom. The molecular weight excluding hydrogens is 142 g/mol. The number of carbonyl (C=O) groups is 1. The third-order valence-corrected chi connectivity index (χ3v) is 1.61. The SMILES string of the molecule is N#Cc1cc2n(c1)CC(=O)N2. The highest BCUT2D eigenvalue weighted by molar-refractivity contribution is 5.93. The van der Waals surface area contributed by atoms with Gasteiger partial charge in [-0.05, 0) is 6.07 Å². The minimum absolute atomic E-state index is 0.0236. The number of anilines is 1. The molecule has 2 heterocycles. The van der Waals surface area contributed by atoms with E-state index in [0.717, 1.165) is 0 Å². The summed E-state index contributed by atoms with van der Waals surface area (Å²) >= 11 is 0. The molecule has 0 fully saturated rings. The fourth-order valence-electron chi connectivity index (χ4n) is 1.14. The lowest BCUT2D eigenvalue weighted by molar-refractivity contribution is -0.115. The summed E-state index contributed by atoms with van der Waals surface area (Å²) in [5.74, 6) is 0.691. The van der Waals surface area contributed by atoms with Crippen molar-refractivity contribution in [2.75, 3.05) is 5.32 Å². The first-order valence-corrected chi connectivity index (χ1v) is 3.20. The van der Waals surface area contributed by atoms with Crippen LogP contribution in [0.5, 0.6) is 0 Å². The molecule has 0 atom stereocenters. The predicted octanol–water partition coefficient (Wildman–Crippen LogP) is 0.312. The van der Waals surface area contributed by atoms with Crippen molar-refractivity contribution in [3.05, 3.63) is 17.8 Å². The predicted molar refractivity (Wildman–Crippen MR) is 37.8 cm³/mol. The van der Waals surface area contributed by atoms with Gasteiger partial charge in [0.1, 0.15) is 18.4 Å². The van der Waals surface area contributed by atoms with Gasteiger partial charge in [0.15, 0.2) is 0 Å². The summed E-state index contributed by atoms with van der Waals surface area (Å²) in [5, 5.41) is 11.1. The number of amides is 1. The van der Waals surface area contributed by atoms with Crippen LogP contribution in [0.1, 0.15) is 5.56 Å². The van der Waals surface area contributed by atoms with Crippen molar-refractivity contribution in [3.63, 3.8) is 0 Å². The first-order valence-electron chi connectivity index (χ1n) is 3.20. The van der Waals surface area contributed by atoms with E-state index in [1.54, 1.807) is 16.8 Å². The molecule has 54 valence electrons. The van der Waals surface area contributed by atoms with Crippen LogP contribution in [0.15, 0.2) is 12.3 Å². The molecule has 1 aliphatic rings. The summed E-state index contributed by atoms with van der Waals surface area (Å²) in [6.07, 6.45) is 1.66. The Kier molecular flexibility index (Phi) is 1.01. The number of aromatic nitrogens is 1. The highest BCUT2D eigenvalue weighted by atomic mass is 16.2. The van der Waals surface area contributed by atoms with Gasteiger partial charge in [0.05, 0.1) is 5.56 Å². The molecule has 0 spiro atoms. The van der Waals surface area contributed by atoms with Crippen molar-refractivity contribution in [1.29, 1.82) is 5.26 Å². The van der Waals surface area contributed by atoms with Crippen LogP contribution < -0.4 is 5.32 Å². The summed E-state index contributed by atoms with van der Waals surface area (Å²) < 4.78 is 1.72. The lowest BCUT2D eigenvalue weighted by atomic mass is 10.4. The molecule has 0 bridgehead atoms. The Balaban J connectivity index is 2.46. The van der Waals surface area contributed by atoms with E-state index in [2.05, 4.69) is 5.32 Å². The number of hydrogen-bond donors (Lipinski definition) is 1. The first kappa shape index (κ1) is 5.98. The molecule has 1 N–H and O–H groups in total. The van der Waals surface area contributed by atoms with Crippen LogP contribution in [-0.4, -0.2) is 10.5 Å². The van der Waals surface area contributed by atoms with E-state index < -0.39 is 0 Å². The second-order valence-corrected chi connectivity index (χ2v) is 2.40. The van der Waals surface area contributed by atoms with E-state index in [-0.39, 0.29) is 5.91 Å². The van der Waals surface area contributed by atoms with Crippen molar-refractivity contribution >= 4 is 11.7 Å². The minimum Gasteiger partial charge on any atom is -0.324 e. The van der Waals surface area contributed by atoms with Gasteiger partial charge in [0.25, 0.3) is 0 Å². The largest absolute Gasteiger partial charge is 0.324 e. The summed E-state index contributed by atoms with van der Waals surface area (Å²) in [5.41, 5.74) is 0.583. The van der Waals surface area contributed by atoms with Crippen LogP contribution >= 0.6 is 0 Å². The van der Waals surface area contributed by atoms with Gasteiger partial charge >= 0.3 is 0 Å². The number of nitrogens with one attached hydrogen (secondary N) is 1. The third kappa shape index (κ3) is 0.783. The number of nitriles is 1. The molecule has 11 heavy (non-hydrogen) atoms. The second kappa shape index (κ2) is 1.86. The highest BCUT2D eigenvalue weighted by Crippen LogP contribution is 2.18. The van der Waals surface area contributed by atoms with Crippen LogP contribution in [-0.2, 0) is 11.3 Å². The average Bonchev–Trinajstić information content (AvgIpc) is 2.43. The number of carbonyl (C=O) groups excluding carboxylic acids is 1. The molecule has 1 aromatic heterocycles. The quantitative estimate of drug-likeness (QED) is 0.574. The summed E-state index contributed by atoms with van der Waals surface area (Å²) in [6.45, 7) is 0.330. The molecule has 2 rings (SSSR count). The molecule has 0 aliphatic carbocycles. The summed E-state index contributed by atoms with van der Waals surface area (Å²) in [7, 11) is 0. The lowest BCUT2D eigenvalue weighted by Gasteiger charge is -1.87. The van der Waals surface area contributed by atoms with Crippen LogP contribution in [0.4, 0.5) is 5.82 Å². The van der Waals surface area contributed by atoms with E-state index in [4.69, 9.17) is 5.26 Å². The van der Waals surface area contributed by atoms with E-state index in [9.17, 15) is 4.79 Å². The van der Waals surface area contributed by atoms with Gasteiger partial charge in [-0.2, -0.15) is 5.26 Å². The fraction of sp³-hybridized carbons (Fsp3) is 0.143. The summed E-state index contributed by atoms with van der Waals surface area (Å²) in [6, 6.07) is 3.66. The zero-order valence-electron chi connectivity index (χ0n) is 5.66. The van der Waals surface area contributed by atoms with E-state index in [0.29, 0.717) is 17.9 Å². The van der Waals surface area contributed by atoms with Gasteiger partial charge in [-0.25, -0.2) is 0 Å². The Bertz CT molecular complexity index is 333. The van der Waals surface area contributed by atoms with Crippen LogP contribution in [0.3, 0.4) is 0 Å². The lowest BCUT2D eigenvalue weighted by Crippen LogP contribution is -2.05. The first-order chi connectivity index (χ1) is 5.29. The zero-order valence-corrected chi connectivity index (χ0v) is 5.66. The average molecular weight is 147 g/mol. The smallest absolute Gasteiger partial charge is 0.245 e. The highest BCUT2D eigenvalue weighted by Gasteiger charge is 2.17. The van der Waals surface area contributed by atoms with Crippen molar-refractivity contribution in [2.45, 2.75) is 6.54 Å². The normalized spacial score (nSPS) is 13.9. The Morgan fingerprint density at radius 3 is 3.18 bits per heavy atom. The van der Waals surface area contributed by atoms with Gasteiger partial charge in [0.2, 0.25) is 5.91 Å². The van der Waals surface area contributed by atoms with Gasteiger partial charge in [-0.1, -0.05) is 0 Å². The molecular formula is C7H5N3O. The third-order valence-electron chi connectivity index (χ3n) is 1.61. The van der Waals surface area contributed by atoms with E-state index in [1.165, 1.54) is 0 Å². The molecule has 1 aromatic rings. The number of nitrogens with zero attached hydrogens (tertiary/aromatic N) is 2. The number of hydrogen-bond acceptors (Lipinski definition) is 2. The van der Waals surface area contributed by atoms with Crippen LogP contribution in [0.2, 0.25) is 0 Å². The van der Waals surface area contributed by atoms with Crippen molar-refractivity contribution in [2.24, 2.45) is 0 Å². The number of rotatable bonds is 0. The van der Waals surface area contributed by atoms with Gasteiger partial charge in [0, 0.05) is 6.20 Å². The maximum absolute atomic E-state index is 10.7. The van der Waals surface area contributed by atoms with E-state index in [1.807, 2.05) is 6.07 Å². The monoisotopic (exact) mass is 147 g/mol. The Hall–Kier alpha value is -1.76. The molecule has 4 heteroatoms. The molecule has 0 saturated carbocycles. The summed E-state index contributed by atoms with van der Waals surface area (Å²) in [4.78, 5) is 10.7. The molecule has 0 aromatic carbocycles. The molecule has 1 amide bonds. The standard InChI is InChI=1S/C7H5N3O/c8-2-5-1-6-9-7(11)4-10(6)3-5/h1,3H,4H2,(H,9,11). The van der Waals surface area contributed by atoms with Crippen LogP contribution in [0.25, 0.3) is 0 Å². The van der Waals surface area contributed by atoms with Crippen molar-refractivity contribution in [3.8, 4) is 6.07 Å².